The molecule has 0 saturated carbocycles. The molecule has 1 fully saturated rings. The van der Waals surface area contributed by atoms with Gasteiger partial charge < -0.3 is 9.84 Å². The Bertz CT molecular complexity index is 394. The van der Waals surface area contributed by atoms with Crippen molar-refractivity contribution in [2.45, 2.75) is 44.8 Å². The van der Waals surface area contributed by atoms with Crippen LogP contribution in [0.2, 0.25) is 0 Å². The van der Waals surface area contributed by atoms with Gasteiger partial charge in [0.05, 0.1) is 12.7 Å². The Hall–Kier alpha value is -1.06. The van der Waals surface area contributed by atoms with Gasteiger partial charge in [-0.2, -0.15) is 0 Å². The molecule has 1 atom stereocenters. The van der Waals surface area contributed by atoms with Crippen LogP contribution in [0.5, 0.6) is 5.75 Å². The van der Waals surface area contributed by atoms with Crippen molar-refractivity contribution in [1.29, 1.82) is 0 Å². The lowest BCUT2D eigenvalue weighted by atomic mass is 9.96. The maximum atomic E-state index is 10.2. The predicted molar refractivity (Wildman–Crippen MR) is 77.6 cm³/mol. The first-order valence-electron chi connectivity index (χ1n) is 7.10. The van der Waals surface area contributed by atoms with E-state index in [2.05, 4.69) is 17.0 Å². The minimum absolute atomic E-state index is 0.297. The van der Waals surface area contributed by atoms with Crippen LogP contribution in [-0.4, -0.2) is 41.8 Å². The predicted octanol–water partition coefficient (Wildman–Crippen LogP) is 2.47. The second-order valence-electron chi connectivity index (χ2n) is 5.95. The van der Waals surface area contributed by atoms with E-state index in [0.717, 1.165) is 31.7 Å². The Kier molecular flexibility index (Phi) is 4.48. The fourth-order valence-corrected chi connectivity index (χ4v) is 2.96. The van der Waals surface area contributed by atoms with Crippen molar-refractivity contribution in [3.8, 4) is 5.75 Å². The Morgan fingerprint density at radius 3 is 2.58 bits per heavy atom. The molecule has 1 saturated heterocycles. The van der Waals surface area contributed by atoms with E-state index in [-0.39, 0.29) is 0 Å². The topological polar surface area (TPSA) is 32.7 Å². The molecule has 2 rings (SSSR count). The van der Waals surface area contributed by atoms with Crippen molar-refractivity contribution < 1.29 is 9.84 Å². The maximum Gasteiger partial charge on any atom is 0.118 e. The van der Waals surface area contributed by atoms with Crippen LogP contribution in [0.15, 0.2) is 24.3 Å². The number of ether oxygens (including phenoxy) is 1. The number of methoxy groups -OCH3 is 1. The highest BCUT2D eigenvalue weighted by atomic mass is 16.5. The van der Waals surface area contributed by atoms with Crippen LogP contribution in [0.25, 0.3) is 0 Å². The van der Waals surface area contributed by atoms with Gasteiger partial charge in [0, 0.05) is 12.6 Å². The van der Waals surface area contributed by atoms with E-state index < -0.39 is 5.60 Å². The Morgan fingerprint density at radius 2 is 2.00 bits per heavy atom. The maximum absolute atomic E-state index is 10.2. The molecule has 0 bridgehead atoms. The van der Waals surface area contributed by atoms with Gasteiger partial charge in [-0.05, 0) is 57.4 Å². The second-order valence-corrected chi connectivity index (χ2v) is 5.95. The van der Waals surface area contributed by atoms with E-state index in [1.807, 2.05) is 26.0 Å². The minimum Gasteiger partial charge on any atom is -0.497 e. The fourth-order valence-electron chi connectivity index (χ4n) is 2.96. The molecule has 0 aliphatic carbocycles. The lowest BCUT2D eigenvalue weighted by Crippen LogP contribution is -2.46. The van der Waals surface area contributed by atoms with Crippen molar-refractivity contribution in [3.05, 3.63) is 29.8 Å². The molecule has 1 aromatic carbocycles. The molecular formula is C16H25NO2. The summed E-state index contributed by atoms with van der Waals surface area (Å²) < 4.78 is 5.17. The van der Waals surface area contributed by atoms with Crippen LogP contribution in [0.4, 0.5) is 0 Å². The highest BCUT2D eigenvalue weighted by molar-refractivity contribution is 5.27. The number of aliphatic hydroxyl groups is 1. The van der Waals surface area contributed by atoms with Crippen LogP contribution in [0, 0.1) is 0 Å². The normalized spacial score (nSPS) is 20.7. The second kappa shape index (κ2) is 5.93. The number of nitrogens with zero attached hydrogens (tertiary/aromatic N) is 1. The molecule has 0 amide bonds. The van der Waals surface area contributed by atoms with E-state index >= 15 is 0 Å². The molecule has 1 aliphatic rings. The molecule has 1 unspecified atom stereocenters. The van der Waals surface area contributed by atoms with Crippen LogP contribution in [-0.2, 0) is 6.42 Å². The quantitative estimate of drug-likeness (QED) is 0.886. The summed E-state index contributed by atoms with van der Waals surface area (Å²) in [4.78, 5) is 2.42. The molecule has 0 radical (unpaired) electrons. The summed E-state index contributed by atoms with van der Waals surface area (Å²) in [5.74, 6) is 0.902. The van der Waals surface area contributed by atoms with Crippen molar-refractivity contribution in [2.75, 3.05) is 20.2 Å². The third kappa shape index (κ3) is 3.71. The van der Waals surface area contributed by atoms with Gasteiger partial charge in [-0.1, -0.05) is 12.1 Å². The molecule has 106 valence electrons. The zero-order valence-corrected chi connectivity index (χ0v) is 12.2. The number of hydrogen-bond donors (Lipinski definition) is 1. The monoisotopic (exact) mass is 263 g/mol. The lowest BCUT2D eigenvalue weighted by Gasteiger charge is -2.33. The number of likely N-dealkylation sites (tertiary alicyclic amines) is 1. The summed E-state index contributed by atoms with van der Waals surface area (Å²) in [5.41, 5.74) is 0.721. The van der Waals surface area contributed by atoms with Gasteiger partial charge in [-0.3, -0.25) is 4.90 Å². The van der Waals surface area contributed by atoms with Crippen molar-refractivity contribution in [1.82, 2.24) is 4.90 Å². The van der Waals surface area contributed by atoms with Crippen molar-refractivity contribution >= 4 is 0 Å². The van der Waals surface area contributed by atoms with E-state index in [1.54, 1.807) is 7.11 Å². The molecule has 1 heterocycles. The zero-order valence-electron chi connectivity index (χ0n) is 12.2. The van der Waals surface area contributed by atoms with Crippen molar-refractivity contribution in [3.63, 3.8) is 0 Å². The van der Waals surface area contributed by atoms with Crippen LogP contribution in [0.1, 0.15) is 32.3 Å². The fraction of sp³-hybridized carbons (Fsp3) is 0.625. The smallest absolute Gasteiger partial charge is 0.118 e. The number of rotatable bonds is 5. The number of hydrogen-bond acceptors (Lipinski definition) is 3. The first kappa shape index (κ1) is 14.4. The van der Waals surface area contributed by atoms with Gasteiger partial charge in [-0.25, -0.2) is 0 Å². The highest BCUT2D eigenvalue weighted by Gasteiger charge is 2.35. The average molecular weight is 263 g/mol. The van der Waals surface area contributed by atoms with Crippen LogP contribution in [0.3, 0.4) is 0 Å². The minimum atomic E-state index is -0.601. The Morgan fingerprint density at radius 1 is 1.32 bits per heavy atom. The molecular weight excluding hydrogens is 238 g/mol. The molecule has 3 nitrogen and oxygen atoms in total. The standard InChI is InChI=1S/C16H25NO2/c1-16(2,18)15-5-4-11-17(15)12-10-13-6-8-14(19-3)9-7-13/h6-9,15,18H,4-5,10-12H2,1-3H3. The SMILES string of the molecule is COc1ccc(CCN2CCCC2C(C)(C)O)cc1. The molecule has 1 aliphatic heterocycles. The summed E-state index contributed by atoms with van der Waals surface area (Å²) in [6.07, 6.45) is 3.32. The van der Waals surface area contributed by atoms with Gasteiger partial charge >= 0.3 is 0 Å². The van der Waals surface area contributed by atoms with Gasteiger partial charge in [0.15, 0.2) is 0 Å². The first-order valence-corrected chi connectivity index (χ1v) is 7.10. The van der Waals surface area contributed by atoms with Crippen LogP contribution >= 0.6 is 0 Å². The molecule has 19 heavy (non-hydrogen) atoms. The largest absolute Gasteiger partial charge is 0.497 e. The molecule has 0 aromatic heterocycles. The van der Waals surface area contributed by atoms with Gasteiger partial charge in [-0.15, -0.1) is 0 Å². The molecule has 0 spiro atoms. The van der Waals surface area contributed by atoms with E-state index in [1.165, 1.54) is 12.0 Å². The highest BCUT2D eigenvalue weighted by Crippen LogP contribution is 2.26. The van der Waals surface area contributed by atoms with Crippen LogP contribution < -0.4 is 4.74 Å². The summed E-state index contributed by atoms with van der Waals surface area (Å²) in [5, 5.41) is 10.2. The third-order valence-corrected chi connectivity index (χ3v) is 4.03. The summed E-state index contributed by atoms with van der Waals surface area (Å²) in [7, 11) is 1.69. The Balaban J connectivity index is 1.90. The molecule has 1 aromatic rings. The average Bonchev–Trinajstić information content (AvgIpc) is 2.85. The first-order chi connectivity index (χ1) is 9.00. The van der Waals surface area contributed by atoms with Gasteiger partial charge in [0.2, 0.25) is 0 Å². The third-order valence-electron chi connectivity index (χ3n) is 4.03. The van der Waals surface area contributed by atoms with Crippen molar-refractivity contribution in [2.24, 2.45) is 0 Å². The molecule has 1 N–H and O–H groups in total. The Labute approximate surface area is 116 Å². The summed E-state index contributed by atoms with van der Waals surface area (Å²) in [6, 6.07) is 8.55. The van der Waals surface area contributed by atoms with E-state index in [4.69, 9.17) is 4.74 Å². The number of benzene rings is 1. The van der Waals surface area contributed by atoms with Gasteiger partial charge in [0.25, 0.3) is 0 Å². The lowest BCUT2D eigenvalue weighted by molar-refractivity contribution is -0.00195. The van der Waals surface area contributed by atoms with Gasteiger partial charge in [0.1, 0.15) is 5.75 Å². The zero-order chi connectivity index (χ0) is 13.9. The van der Waals surface area contributed by atoms with E-state index in [0.29, 0.717) is 6.04 Å². The van der Waals surface area contributed by atoms with E-state index in [9.17, 15) is 5.11 Å². The summed E-state index contributed by atoms with van der Waals surface area (Å²) in [6.45, 7) is 5.96. The molecule has 3 heteroatoms. The summed E-state index contributed by atoms with van der Waals surface area (Å²) >= 11 is 0.